The molecule has 1 aliphatic carbocycles. The summed E-state index contributed by atoms with van der Waals surface area (Å²) in [7, 11) is 3.92. The van der Waals surface area contributed by atoms with E-state index < -0.39 is 11.9 Å². The first-order chi connectivity index (χ1) is 11.9. The van der Waals surface area contributed by atoms with Gasteiger partial charge in [0, 0.05) is 25.5 Å². The Morgan fingerprint density at radius 2 is 1.92 bits per heavy atom. The fraction of sp³-hybridized carbons (Fsp3) is 0.600. The van der Waals surface area contributed by atoms with Crippen molar-refractivity contribution in [2.75, 3.05) is 30.9 Å². The fourth-order valence-electron chi connectivity index (χ4n) is 3.45. The Balaban J connectivity index is 2.21. The summed E-state index contributed by atoms with van der Waals surface area (Å²) in [4.78, 5) is 27.4. The van der Waals surface area contributed by atoms with E-state index in [4.69, 9.17) is 4.74 Å². The van der Waals surface area contributed by atoms with Gasteiger partial charge in [0.05, 0.1) is 6.61 Å². The summed E-state index contributed by atoms with van der Waals surface area (Å²) >= 11 is 0. The highest BCUT2D eigenvalue weighted by Crippen LogP contribution is 2.32. The Hall–Kier alpha value is -2.04. The Morgan fingerprint density at radius 1 is 1.24 bits per heavy atom. The van der Waals surface area contributed by atoms with Crippen LogP contribution in [0, 0.1) is 18.8 Å². The Kier molecular flexibility index (Phi) is 6.85. The molecular weight excluding hydrogens is 316 g/mol. The van der Waals surface area contributed by atoms with Crippen LogP contribution in [0.4, 0.5) is 11.4 Å². The van der Waals surface area contributed by atoms with Gasteiger partial charge in [0.1, 0.15) is 5.92 Å². The van der Waals surface area contributed by atoms with Gasteiger partial charge in [-0.15, -0.1) is 0 Å². The number of rotatable bonds is 6. The molecular formula is C20H30N2O3. The highest BCUT2D eigenvalue weighted by molar-refractivity contribution is 6.05. The maximum absolute atomic E-state index is 12.9. The molecule has 25 heavy (non-hydrogen) atoms. The standard InChI is InChI=1S/C20H30N2O3/c1-5-25-20(24)18(15-9-7-6-8-10-15)19(23)21-17-13-16(22(3)4)12-11-14(17)2/h11-13,15,18H,5-10H2,1-4H3,(H,21,23)/t18-/m0/s1. The van der Waals surface area contributed by atoms with Crippen LogP contribution in [0.5, 0.6) is 0 Å². The van der Waals surface area contributed by atoms with E-state index in [0.29, 0.717) is 6.61 Å². The zero-order valence-corrected chi connectivity index (χ0v) is 15.8. The van der Waals surface area contributed by atoms with Crippen molar-refractivity contribution in [3.05, 3.63) is 23.8 Å². The summed E-state index contributed by atoms with van der Waals surface area (Å²) in [6.07, 6.45) is 5.14. The van der Waals surface area contributed by atoms with Gasteiger partial charge in [-0.3, -0.25) is 9.59 Å². The molecule has 0 saturated heterocycles. The number of benzene rings is 1. The molecule has 1 atom stereocenters. The average molecular weight is 346 g/mol. The lowest BCUT2D eigenvalue weighted by atomic mass is 9.79. The number of carbonyl (C=O) groups excluding carboxylic acids is 2. The summed E-state index contributed by atoms with van der Waals surface area (Å²) in [5, 5.41) is 2.98. The van der Waals surface area contributed by atoms with Gasteiger partial charge in [-0.1, -0.05) is 25.3 Å². The molecule has 1 aromatic carbocycles. The first kappa shape index (κ1) is 19.3. The van der Waals surface area contributed by atoms with Crippen molar-refractivity contribution in [2.24, 2.45) is 11.8 Å². The molecule has 0 aliphatic heterocycles. The van der Waals surface area contributed by atoms with Crippen LogP contribution in [0.15, 0.2) is 18.2 Å². The highest BCUT2D eigenvalue weighted by atomic mass is 16.5. The fourth-order valence-corrected chi connectivity index (χ4v) is 3.45. The molecule has 5 heteroatoms. The number of hydrogen-bond acceptors (Lipinski definition) is 4. The molecule has 2 rings (SSSR count). The van der Waals surface area contributed by atoms with Crippen molar-refractivity contribution in [2.45, 2.75) is 46.0 Å². The largest absolute Gasteiger partial charge is 0.465 e. The molecule has 1 aromatic rings. The number of aryl methyl sites for hydroxylation is 1. The maximum Gasteiger partial charge on any atom is 0.318 e. The zero-order valence-electron chi connectivity index (χ0n) is 15.8. The zero-order chi connectivity index (χ0) is 18.4. The van der Waals surface area contributed by atoms with Crippen LogP contribution in [0.3, 0.4) is 0 Å². The third-order valence-electron chi connectivity index (χ3n) is 4.94. The summed E-state index contributed by atoms with van der Waals surface area (Å²) in [5.74, 6) is -1.29. The molecule has 0 heterocycles. The molecule has 1 saturated carbocycles. The first-order valence-electron chi connectivity index (χ1n) is 9.19. The van der Waals surface area contributed by atoms with Gasteiger partial charge in [0.15, 0.2) is 0 Å². The van der Waals surface area contributed by atoms with Crippen LogP contribution < -0.4 is 10.2 Å². The van der Waals surface area contributed by atoms with Crippen LogP contribution in [0.2, 0.25) is 0 Å². The molecule has 1 aliphatic rings. The molecule has 1 amide bonds. The van der Waals surface area contributed by atoms with E-state index >= 15 is 0 Å². The van der Waals surface area contributed by atoms with Gasteiger partial charge in [-0.25, -0.2) is 0 Å². The van der Waals surface area contributed by atoms with Crippen LogP contribution in [-0.4, -0.2) is 32.6 Å². The van der Waals surface area contributed by atoms with Crippen LogP contribution >= 0.6 is 0 Å². The van der Waals surface area contributed by atoms with Gasteiger partial charge < -0.3 is 15.0 Å². The van der Waals surface area contributed by atoms with Gasteiger partial charge >= 0.3 is 5.97 Å². The van der Waals surface area contributed by atoms with E-state index in [0.717, 1.165) is 42.6 Å². The van der Waals surface area contributed by atoms with Crippen LogP contribution in [0.25, 0.3) is 0 Å². The second-order valence-electron chi connectivity index (χ2n) is 7.01. The quantitative estimate of drug-likeness (QED) is 0.629. The smallest absolute Gasteiger partial charge is 0.318 e. The monoisotopic (exact) mass is 346 g/mol. The van der Waals surface area contributed by atoms with Crippen molar-refractivity contribution in [1.82, 2.24) is 0 Å². The van der Waals surface area contributed by atoms with Gasteiger partial charge in [-0.05, 0) is 50.3 Å². The van der Waals surface area contributed by atoms with Crippen molar-refractivity contribution >= 4 is 23.3 Å². The number of carbonyl (C=O) groups is 2. The first-order valence-corrected chi connectivity index (χ1v) is 9.19. The minimum atomic E-state index is -0.720. The van der Waals surface area contributed by atoms with Crippen molar-refractivity contribution in [1.29, 1.82) is 0 Å². The molecule has 5 nitrogen and oxygen atoms in total. The number of anilines is 2. The molecule has 0 radical (unpaired) electrons. The van der Waals surface area contributed by atoms with E-state index in [2.05, 4.69) is 5.32 Å². The van der Waals surface area contributed by atoms with Crippen molar-refractivity contribution in [3.63, 3.8) is 0 Å². The third kappa shape index (κ3) is 4.97. The van der Waals surface area contributed by atoms with Gasteiger partial charge in [0.2, 0.25) is 5.91 Å². The Morgan fingerprint density at radius 3 is 2.52 bits per heavy atom. The lowest BCUT2D eigenvalue weighted by molar-refractivity contribution is -0.153. The van der Waals surface area contributed by atoms with E-state index in [1.807, 2.05) is 44.1 Å². The summed E-state index contributed by atoms with van der Waals surface area (Å²) < 4.78 is 5.20. The topological polar surface area (TPSA) is 58.6 Å². The number of nitrogens with zero attached hydrogens (tertiary/aromatic N) is 1. The minimum absolute atomic E-state index is 0.0742. The summed E-state index contributed by atoms with van der Waals surface area (Å²) in [6, 6.07) is 5.93. The van der Waals surface area contributed by atoms with Gasteiger partial charge in [0.25, 0.3) is 0 Å². The highest BCUT2D eigenvalue weighted by Gasteiger charge is 2.36. The molecule has 0 unspecified atom stereocenters. The van der Waals surface area contributed by atoms with Gasteiger partial charge in [-0.2, -0.15) is 0 Å². The number of hydrogen-bond donors (Lipinski definition) is 1. The summed E-state index contributed by atoms with van der Waals surface area (Å²) in [6.45, 7) is 4.03. The SMILES string of the molecule is CCOC(=O)[C@H](C(=O)Nc1cc(N(C)C)ccc1C)C1CCCCC1. The van der Waals surface area contributed by atoms with Crippen LogP contribution in [0.1, 0.15) is 44.6 Å². The lowest BCUT2D eigenvalue weighted by Gasteiger charge is -2.28. The molecule has 1 fully saturated rings. The number of ether oxygens (including phenoxy) is 1. The Labute approximate surface area is 150 Å². The minimum Gasteiger partial charge on any atom is -0.465 e. The maximum atomic E-state index is 12.9. The van der Waals surface area contributed by atoms with E-state index in [-0.39, 0.29) is 11.8 Å². The average Bonchev–Trinajstić information content (AvgIpc) is 2.58. The number of amides is 1. The van der Waals surface area contributed by atoms with E-state index in [9.17, 15) is 9.59 Å². The number of esters is 1. The molecule has 0 bridgehead atoms. The predicted octanol–water partition coefficient (Wildman–Crippen LogP) is 3.76. The number of nitrogens with one attached hydrogen (secondary N) is 1. The predicted molar refractivity (Wildman–Crippen MR) is 101 cm³/mol. The second-order valence-corrected chi connectivity index (χ2v) is 7.01. The lowest BCUT2D eigenvalue weighted by Crippen LogP contribution is -2.38. The van der Waals surface area contributed by atoms with E-state index in [1.54, 1.807) is 6.92 Å². The third-order valence-corrected chi connectivity index (χ3v) is 4.94. The van der Waals surface area contributed by atoms with E-state index in [1.165, 1.54) is 6.42 Å². The molecule has 1 N–H and O–H groups in total. The molecule has 0 spiro atoms. The Bertz CT molecular complexity index is 607. The van der Waals surface area contributed by atoms with Crippen LogP contribution in [-0.2, 0) is 14.3 Å². The molecule has 0 aromatic heterocycles. The molecule has 138 valence electrons. The van der Waals surface area contributed by atoms with Crippen molar-refractivity contribution < 1.29 is 14.3 Å². The normalized spacial score (nSPS) is 16.2. The van der Waals surface area contributed by atoms with Crippen molar-refractivity contribution in [3.8, 4) is 0 Å². The summed E-state index contributed by atoms with van der Waals surface area (Å²) in [5.41, 5.74) is 2.73. The second kappa shape index (κ2) is 8.88.